The van der Waals surface area contributed by atoms with Crippen molar-refractivity contribution in [3.63, 3.8) is 0 Å². The summed E-state index contributed by atoms with van der Waals surface area (Å²) in [5.41, 5.74) is 0.783. The minimum Gasteiger partial charge on any atom is -0.432 e. The zero-order chi connectivity index (χ0) is 12.5. The molecule has 2 aliphatic heterocycles. The first-order valence-corrected chi connectivity index (χ1v) is 6.67. The number of carbonyl (C=O) groups excluding carboxylic acids is 1. The number of hydrogen-bond donors (Lipinski definition) is 2. The van der Waals surface area contributed by atoms with Crippen LogP contribution in [0.1, 0.15) is 37.8 Å². The minimum absolute atomic E-state index is 0.0168. The van der Waals surface area contributed by atoms with Crippen molar-refractivity contribution in [3.05, 3.63) is 12.0 Å². The molecule has 5 heteroatoms. The molecule has 0 spiro atoms. The van der Waals surface area contributed by atoms with Crippen molar-refractivity contribution in [2.24, 2.45) is 5.92 Å². The van der Waals surface area contributed by atoms with Gasteiger partial charge in [-0.3, -0.25) is 10.1 Å². The van der Waals surface area contributed by atoms with E-state index in [1.165, 1.54) is 12.8 Å². The lowest BCUT2D eigenvalue weighted by molar-refractivity contribution is -0.117. The van der Waals surface area contributed by atoms with Crippen LogP contribution >= 0.6 is 0 Å². The Morgan fingerprint density at radius 2 is 2.22 bits per heavy atom. The lowest BCUT2D eigenvalue weighted by atomic mass is 9.89. The molecule has 0 saturated carbocycles. The van der Waals surface area contributed by atoms with Gasteiger partial charge < -0.3 is 9.73 Å². The fraction of sp³-hybridized carbons (Fsp3) is 0.692. The van der Waals surface area contributed by atoms with E-state index in [1.807, 2.05) is 6.92 Å². The predicted octanol–water partition coefficient (Wildman–Crippen LogP) is 1.84. The van der Waals surface area contributed by atoms with Gasteiger partial charge in [0.1, 0.15) is 6.26 Å². The maximum absolute atomic E-state index is 11.9. The highest BCUT2D eigenvalue weighted by Gasteiger charge is 2.34. The highest BCUT2D eigenvalue weighted by Crippen LogP contribution is 2.32. The number of aromatic nitrogens is 1. The predicted molar refractivity (Wildman–Crippen MR) is 67.2 cm³/mol. The smallest absolute Gasteiger partial charge is 0.301 e. The molecule has 1 aromatic heterocycles. The molecule has 5 nitrogen and oxygen atoms in total. The van der Waals surface area contributed by atoms with Gasteiger partial charge in [-0.2, -0.15) is 4.98 Å². The van der Waals surface area contributed by atoms with Crippen LogP contribution in [0, 0.1) is 12.8 Å². The molecule has 3 heterocycles. The Morgan fingerprint density at radius 1 is 1.50 bits per heavy atom. The largest absolute Gasteiger partial charge is 0.432 e. The first-order chi connectivity index (χ1) is 8.69. The Hall–Kier alpha value is -1.36. The molecular weight excluding hydrogens is 230 g/mol. The summed E-state index contributed by atoms with van der Waals surface area (Å²) < 4.78 is 5.12. The van der Waals surface area contributed by atoms with Gasteiger partial charge in [-0.1, -0.05) is 0 Å². The third-order valence-electron chi connectivity index (χ3n) is 3.91. The number of piperidine rings is 1. The van der Waals surface area contributed by atoms with Crippen molar-refractivity contribution in [2.45, 2.75) is 51.1 Å². The second-order valence-electron chi connectivity index (χ2n) is 5.52. The molecule has 3 rings (SSSR count). The number of hydrogen-bond acceptors (Lipinski definition) is 4. The van der Waals surface area contributed by atoms with Crippen molar-refractivity contribution in [3.8, 4) is 0 Å². The molecule has 0 aromatic carbocycles. The monoisotopic (exact) mass is 249 g/mol. The van der Waals surface area contributed by atoms with Crippen LogP contribution < -0.4 is 10.6 Å². The second-order valence-corrected chi connectivity index (χ2v) is 5.52. The number of amides is 1. The minimum atomic E-state index is 0.0168. The van der Waals surface area contributed by atoms with Gasteiger partial charge in [-0.25, -0.2) is 0 Å². The Bertz CT molecular complexity index is 431. The third kappa shape index (κ3) is 2.56. The zero-order valence-electron chi connectivity index (χ0n) is 10.6. The topological polar surface area (TPSA) is 67.2 Å². The fourth-order valence-electron chi connectivity index (χ4n) is 3.19. The Morgan fingerprint density at radius 3 is 2.83 bits per heavy atom. The van der Waals surface area contributed by atoms with Gasteiger partial charge in [0.2, 0.25) is 5.91 Å². The highest BCUT2D eigenvalue weighted by atomic mass is 16.4. The molecule has 2 unspecified atom stereocenters. The Balaban J connectivity index is 1.52. The van der Waals surface area contributed by atoms with Gasteiger partial charge in [0, 0.05) is 18.5 Å². The molecule has 18 heavy (non-hydrogen) atoms. The number of oxazole rings is 1. The molecule has 2 atom stereocenters. The van der Waals surface area contributed by atoms with Crippen molar-refractivity contribution in [1.29, 1.82) is 0 Å². The summed E-state index contributed by atoms with van der Waals surface area (Å²) in [5, 5.41) is 6.31. The molecule has 2 fully saturated rings. The number of anilines is 1. The number of aryl methyl sites for hydroxylation is 1. The van der Waals surface area contributed by atoms with Crippen LogP contribution in [0.3, 0.4) is 0 Å². The molecule has 2 saturated heterocycles. The molecule has 1 aromatic rings. The van der Waals surface area contributed by atoms with E-state index < -0.39 is 0 Å². The van der Waals surface area contributed by atoms with E-state index in [2.05, 4.69) is 15.6 Å². The van der Waals surface area contributed by atoms with E-state index in [0.29, 0.717) is 30.4 Å². The molecule has 1 amide bonds. The van der Waals surface area contributed by atoms with Gasteiger partial charge in [-0.05, 0) is 38.5 Å². The van der Waals surface area contributed by atoms with E-state index in [1.54, 1.807) is 6.26 Å². The normalized spacial score (nSPS) is 30.4. The van der Waals surface area contributed by atoms with Crippen molar-refractivity contribution < 1.29 is 9.21 Å². The zero-order valence-corrected chi connectivity index (χ0v) is 10.6. The van der Waals surface area contributed by atoms with Crippen molar-refractivity contribution in [2.75, 3.05) is 5.32 Å². The summed E-state index contributed by atoms with van der Waals surface area (Å²) in [4.78, 5) is 16.0. The number of nitrogens with zero attached hydrogens (tertiary/aromatic N) is 1. The average molecular weight is 249 g/mol. The van der Waals surface area contributed by atoms with E-state index in [9.17, 15) is 4.79 Å². The second kappa shape index (κ2) is 4.72. The van der Waals surface area contributed by atoms with Gasteiger partial charge in [-0.15, -0.1) is 0 Å². The van der Waals surface area contributed by atoms with E-state index in [0.717, 1.165) is 18.5 Å². The van der Waals surface area contributed by atoms with Crippen LogP contribution in [-0.4, -0.2) is 23.0 Å². The number of fused-ring (bicyclic) bond motifs is 2. The van der Waals surface area contributed by atoms with Crippen LogP contribution in [0.5, 0.6) is 0 Å². The van der Waals surface area contributed by atoms with Gasteiger partial charge in [0.05, 0.1) is 5.69 Å². The van der Waals surface area contributed by atoms with Crippen molar-refractivity contribution >= 4 is 11.9 Å². The first-order valence-electron chi connectivity index (χ1n) is 6.67. The quantitative estimate of drug-likeness (QED) is 0.857. The summed E-state index contributed by atoms with van der Waals surface area (Å²) in [6, 6.07) is 1.57. The summed E-state index contributed by atoms with van der Waals surface area (Å²) in [5.74, 6) is 0.517. The van der Waals surface area contributed by atoms with Crippen LogP contribution in [0.25, 0.3) is 0 Å². The first kappa shape index (κ1) is 11.7. The molecule has 0 aliphatic carbocycles. The molecule has 2 aliphatic rings. The highest BCUT2D eigenvalue weighted by molar-refractivity contribution is 5.88. The number of rotatable bonds is 3. The summed E-state index contributed by atoms with van der Waals surface area (Å²) in [6.45, 7) is 1.84. The molecule has 2 bridgehead atoms. The fourth-order valence-corrected chi connectivity index (χ4v) is 3.19. The van der Waals surface area contributed by atoms with Crippen LogP contribution in [0.15, 0.2) is 10.7 Å². The lowest BCUT2D eigenvalue weighted by Gasteiger charge is -2.28. The molecule has 0 radical (unpaired) electrons. The maximum Gasteiger partial charge on any atom is 0.301 e. The van der Waals surface area contributed by atoms with Crippen LogP contribution in [0.2, 0.25) is 0 Å². The van der Waals surface area contributed by atoms with Gasteiger partial charge in [0.25, 0.3) is 0 Å². The van der Waals surface area contributed by atoms with Crippen LogP contribution in [-0.2, 0) is 4.79 Å². The Kier molecular flexibility index (Phi) is 3.07. The summed E-state index contributed by atoms with van der Waals surface area (Å²) in [7, 11) is 0. The van der Waals surface area contributed by atoms with E-state index in [-0.39, 0.29) is 5.91 Å². The standard InChI is InChI=1S/C13H19N3O2/c1-8-7-18-13(14-8)16-12(17)6-9-4-10-2-3-11(5-9)15-10/h7,9-11,15H,2-6H2,1H3,(H,14,16,17). The van der Waals surface area contributed by atoms with Gasteiger partial charge in [0.15, 0.2) is 0 Å². The van der Waals surface area contributed by atoms with E-state index in [4.69, 9.17) is 4.42 Å². The summed E-state index contributed by atoms with van der Waals surface area (Å²) in [6.07, 6.45) is 6.89. The number of nitrogens with one attached hydrogen (secondary N) is 2. The molecule has 98 valence electrons. The van der Waals surface area contributed by atoms with Gasteiger partial charge >= 0.3 is 6.01 Å². The average Bonchev–Trinajstić information content (AvgIpc) is 2.85. The lowest BCUT2D eigenvalue weighted by Crippen LogP contribution is -2.39. The molecular formula is C13H19N3O2. The van der Waals surface area contributed by atoms with Crippen LogP contribution in [0.4, 0.5) is 6.01 Å². The third-order valence-corrected chi connectivity index (χ3v) is 3.91. The maximum atomic E-state index is 11.9. The molecule has 2 N–H and O–H groups in total. The number of carbonyl (C=O) groups is 1. The van der Waals surface area contributed by atoms with E-state index >= 15 is 0 Å². The van der Waals surface area contributed by atoms with Crippen molar-refractivity contribution in [1.82, 2.24) is 10.3 Å². The Labute approximate surface area is 106 Å². The SMILES string of the molecule is Cc1coc(NC(=O)CC2CC3CCC(C2)N3)n1. The summed E-state index contributed by atoms with van der Waals surface area (Å²) >= 11 is 0.